The molecule has 1 aromatic heterocycles. The molecule has 0 aliphatic carbocycles. The first kappa shape index (κ1) is 15.0. The third kappa shape index (κ3) is 2.75. The highest BCUT2D eigenvalue weighted by atomic mass is 19.1. The smallest absolute Gasteiger partial charge is 0.352 e. The van der Waals surface area contributed by atoms with Gasteiger partial charge in [0.05, 0.1) is 0 Å². The molecule has 2 aromatic carbocycles. The Bertz CT molecular complexity index is 836. The number of carbonyl (C=O) groups is 1. The Kier molecular flexibility index (Phi) is 3.98. The second-order valence-electron chi connectivity index (χ2n) is 5.26. The Balaban J connectivity index is 2.27. The Morgan fingerprint density at radius 1 is 1.04 bits per heavy atom. The maximum absolute atomic E-state index is 13.2. The van der Waals surface area contributed by atoms with Crippen LogP contribution < -0.4 is 0 Å². The quantitative estimate of drug-likeness (QED) is 0.731. The monoisotopic (exact) mass is 309 g/mol. The molecule has 4 heteroatoms. The van der Waals surface area contributed by atoms with Crippen LogP contribution in [-0.2, 0) is 6.42 Å². The number of benzene rings is 2. The average Bonchev–Trinajstić information content (AvgIpc) is 2.96. The lowest BCUT2D eigenvalue weighted by atomic mass is 9.96. The lowest BCUT2D eigenvalue weighted by Crippen LogP contribution is -1.99. The molecule has 0 bridgehead atoms. The van der Waals surface area contributed by atoms with E-state index < -0.39 is 5.97 Å². The van der Waals surface area contributed by atoms with Crippen LogP contribution in [0, 0.1) is 5.82 Å². The summed E-state index contributed by atoms with van der Waals surface area (Å²) >= 11 is 0. The van der Waals surface area contributed by atoms with Gasteiger partial charge in [-0.1, -0.05) is 49.4 Å². The van der Waals surface area contributed by atoms with Crippen molar-refractivity contribution in [3.8, 4) is 22.4 Å². The van der Waals surface area contributed by atoms with Crippen molar-refractivity contribution in [1.82, 2.24) is 4.98 Å². The highest BCUT2D eigenvalue weighted by Gasteiger charge is 2.22. The van der Waals surface area contributed by atoms with Crippen molar-refractivity contribution >= 4 is 5.97 Å². The molecule has 1 heterocycles. The van der Waals surface area contributed by atoms with E-state index in [0.717, 1.165) is 16.8 Å². The zero-order valence-electron chi connectivity index (χ0n) is 12.6. The number of rotatable bonds is 4. The van der Waals surface area contributed by atoms with E-state index in [1.54, 1.807) is 12.1 Å². The first-order chi connectivity index (χ1) is 11.1. The number of hydrogen-bond acceptors (Lipinski definition) is 1. The first-order valence-corrected chi connectivity index (χ1v) is 7.41. The van der Waals surface area contributed by atoms with Gasteiger partial charge in [-0.25, -0.2) is 9.18 Å². The van der Waals surface area contributed by atoms with E-state index in [2.05, 4.69) is 4.98 Å². The third-order valence-corrected chi connectivity index (χ3v) is 3.87. The summed E-state index contributed by atoms with van der Waals surface area (Å²) in [6.45, 7) is 1.98. The number of carboxylic acid groups (broad SMARTS) is 1. The third-order valence-electron chi connectivity index (χ3n) is 3.87. The molecule has 2 N–H and O–H groups in total. The van der Waals surface area contributed by atoms with Gasteiger partial charge in [0.2, 0.25) is 0 Å². The van der Waals surface area contributed by atoms with Gasteiger partial charge in [0.25, 0.3) is 0 Å². The van der Waals surface area contributed by atoms with E-state index >= 15 is 0 Å². The predicted octanol–water partition coefficient (Wildman–Crippen LogP) is 4.75. The molecule has 0 fully saturated rings. The Labute approximate surface area is 133 Å². The van der Waals surface area contributed by atoms with Crippen LogP contribution in [0.1, 0.15) is 23.0 Å². The lowest BCUT2D eigenvalue weighted by molar-refractivity contribution is 0.0692. The molecule has 0 aliphatic rings. The van der Waals surface area contributed by atoms with Crippen LogP contribution in [0.2, 0.25) is 0 Å². The van der Waals surface area contributed by atoms with Gasteiger partial charge in [-0.05, 0) is 35.2 Å². The molecule has 23 heavy (non-hydrogen) atoms. The molecule has 0 atom stereocenters. The van der Waals surface area contributed by atoms with E-state index in [9.17, 15) is 14.3 Å². The lowest BCUT2D eigenvalue weighted by Gasteiger charge is -2.06. The van der Waals surface area contributed by atoms with Crippen LogP contribution >= 0.6 is 0 Å². The minimum absolute atomic E-state index is 0.132. The topological polar surface area (TPSA) is 53.1 Å². The highest BCUT2D eigenvalue weighted by molar-refractivity contribution is 5.98. The summed E-state index contributed by atoms with van der Waals surface area (Å²) in [6.07, 6.45) is 0.667. The molecule has 0 saturated carbocycles. The SMILES string of the molecule is CCc1c(-c2ccccc2)[nH]c(C(=O)O)c1-c1ccc(F)cc1. The molecular formula is C19H16FNO2. The molecule has 3 rings (SSSR count). The van der Waals surface area contributed by atoms with Crippen LogP contribution in [0.15, 0.2) is 54.6 Å². The van der Waals surface area contributed by atoms with Crippen molar-refractivity contribution in [3.63, 3.8) is 0 Å². The first-order valence-electron chi connectivity index (χ1n) is 7.41. The van der Waals surface area contributed by atoms with Gasteiger partial charge in [0, 0.05) is 11.3 Å². The zero-order valence-corrected chi connectivity index (χ0v) is 12.6. The van der Waals surface area contributed by atoms with Gasteiger partial charge in [-0.15, -0.1) is 0 Å². The normalized spacial score (nSPS) is 10.7. The molecule has 0 amide bonds. The number of nitrogens with one attached hydrogen (secondary N) is 1. The Hall–Kier alpha value is -2.88. The van der Waals surface area contributed by atoms with Crippen LogP contribution in [0.3, 0.4) is 0 Å². The molecule has 0 radical (unpaired) electrons. The van der Waals surface area contributed by atoms with E-state index in [1.807, 2.05) is 37.3 Å². The maximum Gasteiger partial charge on any atom is 0.352 e. The van der Waals surface area contributed by atoms with E-state index in [-0.39, 0.29) is 11.5 Å². The van der Waals surface area contributed by atoms with Crippen LogP contribution in [0.25, 0.3) is 22.4 Å². The van der Waals surface area contributed by atoms with Gasteiger partial charge in [0.1, 0.15) is 11.5 Å². The van der Waals surface area contributed by atoms with Crippen molar-refractivity contribution in [2.24, 2.45) is 0 Å². The summed E-state index contributed by atoms with van der Waals surface area (Å²) in [5.41, 5.74) is 4.09. The van der Waals surface area contributed by atoms with Gasteiger partial charge in [0.15, 0.2) is 0 Å². The molecular weight excluding hydrogens is 293 g/mol. The second-order valence-corrected chi connectivity index (χ2v) is 5.26. The van der Waals surface area contributed by atoms with Crippen molar-refractivity contribution in [2.75, 3.05) is 0 Å². The minimum atomic E-state index is -1.03. The van der Waals surface area contributed by atoms with Crippen molar-refractivity contribution < 1.29 is 14.3 Å². The Morgan fingerprint density at radius 3 is 2.26 bits per heavy atom. The molecule has 0 saturated heterocycles. The average molecular weight is 309 g/mol. The van der Waals surface area contributed by atoms with Crippen LogP contribution in [-0.4, -0.2) is 16.1 Å². The van der Waals surface area contributed by atoms with E-state index in [0.29, 0.717) is 17.5 Å². The fraction of sp³-hybridized carbons (Fsp3) is 0.105. The van der Waals surface area contributed by atoms with Gasteiger partial charge in [-0.2, -0.15) is 0 Å². The fourth-order valence-electron chi connectivity index (χ4n) is 2.84. The Morgan fingerprint density at radius 2 is 1.70 bits per heavy atom. The van der Waals surface area contributed by atoms with Gasteiger partial charge < -0.3 is 10.1 Å². The van der Waals surface area contributed by atoms with Crippen LogP contribution in [0.5, 0.6) is 0 Å². The number of aromatic amines is 1. The van der Waals surface area contributed by atoms with Crippen molar-refractivity contribution in [2.45, 2.75) is 13.3 Å². The van der Waals surface area contributed by atoms with Crippen LogP contribution in [0.4, 0.5) is 4.39 Å². The number of H-pyrrole nitrogens is 1. The summed E-state index contributed by atoms with van der Waals surface area (Å²) < 4.78 is 13.2. The summed E-state index contributed by atoms with van der Waals surface area (Å²) in [7, 11) is 0. The number of hydrogen-bond donors (Lipinski definition) is 2. The molecule has 0 aliphatic heterocycles. The predicted molar refractivity (Wildman–Crippen MR) is 88.0 cm³/mol. The van der Waals surface area contributed by atoms with E-state index in [4.69, 9.17) is 0 Å². The molecule has 116 valence electrons. The minimum Gasteiger partial charge on any atom is -0.477 e. The number of halogens is 1. The van der Waals surface area contributed by atoms with Crippen molar-refractivity contribution in [1.29, 1.82) is 0 Å². The summed E-state index contributed by atoms with van der Waals surface area (Å²) in [6, 6.07) is 15.5. The summed E-state index contributed by atoms with van der Waals surface area (Å²) in [4.78, 5) is 14.7. The molecule has 3 nitrogen and oxygen atoms in total. The molecule has 0 unspecified atom stereocenters. The highest BCUT2D eigenvalue weighted by Crippen LogP contribution is 2.36. The number of aromatic nitrogens is 1. The van der Waals surface area contributed by atoms with E-state index in [1.165, 1.54) is 12.1 Å². The fourth-order valence-corrected chi connectivity index (χ4v) is 2.84. The summed E-state index contributed by atoms with van der Waals surface area (Å²) in [5, 5.41) is 9.56. The summed E-state index contributed by atoms with van der Waals surface area (Å²) in [5.74, 6) is -1.37. The molecule has 3 aromatic rings. The maximum atomic E-state index is 13.2. The largest absolute Gasteiger partial charge is 0.477 e. The molecule has 0 spiro atoms. The van der Waals surface area contributed by atoms with Gasteiger partial charge in [-0.3, -0.25) is 0 Å². The standard InChI is InChI=1S/C19H16FNO2/c1-2-15-16(12-8-10-14(20)11-9-12)18(19(22)23)21-17(15)13-6-4-3-5-7-13/h3-11,21H,2H2,1H3,(H,22,23). The van der Waals surface area contributed by atoms with Gasteiger partial charge >= 0.3 is 5.97 Å². The van der Waals surface area contributed by atoms with Crippen molar-refractivity contribution in [3.05, 3.63) is 71.7 Å². The second kappa shape index (κ2) is 6.08. The number of carboxylic acids is 1. The number of aromatic carboxylic acids is 1. The zero-order chi connectivity index (χ0) is 16.4.